The van der Waals surface area contributed by atoms with Crippen LogP contribution < -0.4 is 14.8 Å². The molecule has 0 fully saturated rings. The maximum absolute atomic E-state index is 12.3. The van der Waals surface area contributed by atoms with Crippen LogP contribution in [-0.2, 0) is 0 Å². The average Bonchev–Trinajstić information content (AvgIpc) is 3.09. The third kappa shape index (κ3) is 3.66. The topological polar surface area (TPSA) is 100 Å². The molecule has 126 valence electrons. The zero-order valence-electron chi connectivity index (χ0n) is 14.1. The molecule has 1 atom stereocenters. The van der Waals surface area contributed by atoms with Gasteiger partial charge in [0.1, 0.15) is 23.2 Å². The van der Waals surface area contributed by atoms with E-state index in [9.17, 15) is 10.1 Å². The number of hydrogen-bond acceptors (Lipinski definition) is 5. The molecule has 0 unspecified atom stereocenters. The molecule has 7 nitrogen and oxygen atoms in total. The number of nitriles is 1. The molecule has 1 amide bonds. The molecule has 1 aromatic heterocycles. The summed E-state index contributed by atoms with van der Waals surface area (Å²) < 4.78 is 10.4. The van der Waals surface area contributed by atoms with E-state index in [1.54, 1.807) is 31.4 Å². The lowest BCUT2D eigenvalue weighted by Gasteiger charge is -2.15. The molecule has 0 aliphatic carbocycles. The molecule has 0 radical (unpaired) electrons. The SMILES string of the molecule is COc1ccc([C@@H](C#N)NC(=O)c2cc(C(C)C)[nH]n2)c(OC)c1. The Balaban J connectivity index is 2.23. The summed E-state index contributed by atoms with van der Waals surface area (Å²) in [6.07, 6.45) is 0. The van der Waals surface area contributed by atoms with Crippen molar-refractivity contribution in [3.63, 3.8) is 0 Å². The number of nitrogens with one attached hydrogen (secondary N) is 2. The lowest BCUT2D eigenvalue weighted by molar-refractivity contribution is 0.0940. The van der Waals surface area contributed by atoms with E-state index in [-0.39, 0.29) is 11.6 Å². The van der Waals surface area contributed by atoms with Gasteiger partial charge in [-0.1, -0.05) is 13.8 Å². The first-order valence-electron chi connectivity index (χ1n) is 7.47. The van der Waals surface area contributed by atoms with Gasteiger partial charge in [0.15, 0.2) is 0 Å². The fraction of sp³-hybridized carbons (Fsp3) is 0.353. The summed E-state index contributed by atoms with van der Waals surface area (Å²) in [6, 6.07) is 7.95. The van der Waals surface area contributed by atoms with Crippen molar-refractivity contribution in [3.8, 4) is 17.6 Å². The van der Waals surface area contributed by atoms with Crippen molar-refractivity contribution in [3.05, 3.63) is 41.2 Å². The van der Waals surface area contributed by atoms with Crippen LogP contribution in [0.5, 0.6) is 11.5 Å². The van der Waals surface area contributed by atoms with Crippen molar-refractivity contribution in [1.82, 2.24) is 15.5 Å². The molecule has 24 heavy (non-hydrogen) atoms. The molecule has 1 heterocycles. The van der Waals surface area contributed by atoms with E-state index in [2.05, 4.69) is 21.6 Å². The van der Waals surface area contributed by atoms with Crippen molar-refractivity contribution in [2.75, 3.05) is 14.2 Å². The second-order valence-corrected chi connectivity index (χ2v) is 5.51. The zero-order chi connectivity index (χ0) is 17.7. The molecule has 0 aliphatic heterocycles. The Labute approximate surface area is 140 Å². The molecular weight excluding hydrogens is 308 g/mol. The minimum absolute atomic E-state index is 0.229. The number of nitrogens with zero attached hydrogens (tertiary/aromatic N) is 2. The largest absolute Gasteiger partial charge is 0.497 e. The zero-order valence-corrected chi connectivity index (χ0v) is 14.1. The predicted molar refractivity (Wildman–Crippen MR) is 88.0 cm³/mol. The number of carbonyl (C=O) groups is 1. The maximum atomic E-state index is 12.3. The number of carbonyl (C=O) groups excluding carboxylic acids is 1. The van der Waals surface area contributed by atoms with Gasteiger partial charge in [0, 0.05) is 17.3 Å². The van der Waals surface area contributed by atoms with E-state index in [0.29, 0.717) is 17.1 Å². The number of rotatable bonds is 6. The minimum Gasteiger partial charge on any atom is -0.497 e. The Morgan fingerprint density at radius 2 is 2.04 bits per heavy atom. The first kappa shape index (κ1) is 17.3. The van der Waals surface area contributed by atoms with Crippen LogP contribution in [-0.4, -0.2) is 30.3 Å². The monoisotopic (exact) mass is 328 g/mol. The van der Waals surface area contributed by atoms with Crippen molar-refractivity contribution >= 4 is 5.91 Å². The molecule has 0 bridgehead atoms. The summed E-state index contributed by atoms with van der Waals surface area (Å²) in [6.45, 7) is 3.99. The van der Waals surface area contributed by atoms with E-state index in [4.69, 9.17) is 9.47 Å². The third-order valence-electron chi connectivity index (χ3n) is 3.61. The van der Waals surface area contributed by atoms with Gasteiger partial charge in [0.25, 0.3) is 5.91 Å². The summed E-state index contributed by atoms with van der Waals surface area (Å²) in [7, 11) is 3.04. The van der Waals surface area contributed by atoms with Gasteiger partial charge in [-0.3, -0.25) is 9.89 Å². The molecule has 0 saturated carbocycles. The highest BCUT2D eigenvalue weighted by Crippen LogP contribution is 2.29. The number of benzene rings is 1. The van der Waals surface area contributed by atoms with Crippen LogP contribution in [0.3, 0.4) is 0 Å². The van der Waals surface area contributed by atoms with Gasteiger partial charge < -0.3 is 14.8 Å². The average molecular weight is 328 g/mol. The lowest BCUT2D eigenvalue weighted by Crippen LogP contribution is -2.28. The summed E-state index contributed by atoms with van der Waals surface area (Å²) in [5.74, 6) is 0.869. The van der Waals surface area contributed by atoms with Gasteiger partial charge in [0.05, 0.1) is 20.3 Å². The summed E-state index contributed by atoms with van der Waals surface area (Å²) in [4.78, 5) is 12.3. The van der Waals surface area contributed by atoms with Crippen LogP contribution in [0, 0.1) is 11.3 Å². The number of aromatic nitrogens is 2. The number of ether oxygens (including phenoxy) is 2. The first-order valence-corrected chi connectivity index (χ1v) is 7.47. The van der Waals surface area contributed by atoms with Gasteiger partial charge in [-0.05, 0) is 24.1 Å². The molecule has 2 aromatic rings. The number of H-pyrrole nitrogens is 1. The third-order valence-corrected chi connectivity index (χ3v) is 3.61. The fourth-order valence-corrected chi connectivity index (χ4v) is 2.19. The molecule has 7 heteroatoms. The summed E-state index contributed by atoms with van der Waals surface area (Å²) in [5.41, 5.74) is 1.65. The number of methoxy groups -OCH3 is 2. The second-order valence-electron chi connectivity index (χ2n) is 5.51. The Morgan fingerprint density at radius 1 is 1.29 bits per heavy atom. The number of amides is 1. The number of aromatic amines is 1. The fourth-order valence-electron chi connectivity index (χ4n) is 2.19. The Morgan fingerprint density at radius 3 is 2.58 bits per heavy atom. The molecule has 1 aromatic carbocycles. The van der Waals surface area contributed by atoms with E-state index in [1.165, 1.54) is 7.11 Å². The molecule has 2 N–H and O–H groups in total. The highest BCUT2D eigenvalue weighted by molar-refractivity contribution is 5.92. The normalized spacial score (nSPS) is 11.7. The smallest absolute Gasteiger partial charge is 0.273 e. The van der Waals surface area contributed by atoms with Gasteiger partial charge in [0.2, 0.25) is 0 Å². The van der Waals surface area contributed by atoms with E-state index in [0.717, 1.165) is 5.69 Å². The number of hydrogen-bond donors (Lipinski definition) is 2. The van der Waals surface area contributed by atoms with Crippen LogP contribution >= 0.6 is 0 Å². The quantitative estimate of drug-likeness (QED) is 0.849. The Bertz CT molecular complexity index is 761. The Hall–Kier alpha value is -3.01. The van der Waals surface area contributed by atoms with Crippen LogP contribution in [0.1, 0.15) is 47.6 Å². The molecular formula is C17H20N4O3. The molecule has 0 spiro atoms. The summed E-state index contributed by atoms with van der Waals surface area (Å²) in [5, 5.41) is 18.9. The molecule has 0 saturated heterocycles. The molecule has 0 aliphatic rings. The van der Waals surface area contributed by atoms with Crippen molar-refractivity contribution in [2.45, 2.75) is 25.8 Å². The van der Waals surface area contributed by atoms with Crippen LogP contribution in [0.25, 0.3) is 0 Å². The van der Waals surface area contributed by atoms with Gasteiger partial charge >= 0.3 is 0 Å². The van der Waals surface area contributed by atoms with Crippen molar-refractivity contribution in [2.24, 2.45) is 0 Å². The lowest BCUT2D eigenvalue weighted by atomic mass is 10.1. The van der Waals surface area contributed by atoms with E-state index >= 15 is 0 Å². The van der Waals surface area contributed by atoms with E-state index in [1.807, 2.05) is 13.8 Å². The van der Waals surface area contributed by atoms with Crippen molar-refractivity contribution in [1.29, 1.82) is 5.26 Å². The minimum atomic E-state index is -0.863. The maximum Gasteiger partial charge on any atom is 0.273 e. The Kier molecular flexibility index (Phi) is 5.42. The van der Waals surface area contributed by atoms with Crippen LogP contribution in [0.15, 0.2) is 24.3 Å². The van der Waals surface area contributed by atoms with Gasteiger partial charge in [-0.15, -0.1) is 0 Å². The highest BCUT2D eigenvalue weighted by atomic mass is 16.5. The standard InChI is InChI=1S/C17H20N4O3/c1-10(2)13-8-14(21-20-13)17(22)19-15(9-18)12-6-5-11(23-3)7-16(12)24-4/h5-8,10,15H,1-4H3,(H,19,22)(H,20,21)/t15-/m1/s1. The highest BCUT2D eigenvalue weighted by Gasteiger charge is 2.21. The van der Waals surface area contributed by atoms with Crippen LogP contribution in [0.2, 0.25) is 0 Å². The van der Waals surface area contributed by atoms with Gasteiger partial charge in [-0.25, -0.2) is 0 Å². The summed E-state index contributed by atoms with van der Waals surface area (Å²) >= 11 is 0. The predicted octanol–water partition coefficient (Wildman–Crippen LogP) is 2.54. The van der Waals surface area contributed by atoms with Crippen molar-refractivity contribution < 1.29 is 14.3 Å². The van der Waals surface area contributed by atoms with Crippen LogP contribution in [0.4, 0.5) is 0 Å². The second kappa shape index (κ2) is 7.51. The van der Waals surface area contributed by atoms with Gasteiger partial charge in [-0.2, -0.15) is 10.4 Å². The van der Waals surface area contributed by atoms with E-state index < -0.39 is 11.9 Å². The first-order chi connectivity index (χ1) is 11.5. The molecule has 2 rings (SSSR count).